The van der Waals surface area contributed by atoms with Crippen LogP contribution in [0.1, 0.15) is 53.8 Å². The largest absolute Gasteiger partial charge is 0.465 e. The second kappa shape index (κ2) is 9.29. The minimum Gasteiger partial charge on any atom is -0.465 e. The fraction of sp³-hybridized carbons (Fsp3) is 0.526. The molecule has 0 saturated heterocycles. The van der Waals surface area contributed by atoms with E-state index in [0.29, 0.717) is 11.8 Å². The van der Waals surface area contributed by atoms with Crippen molar-refractivity contribution in [3.8, 4) is 0 Å². The van der Waals surface area contributed by atoms with Gasteiger partial charge in [0.05, 0.1) is 23.2 Å². The summed E-state index contributed by atoms with van der Waals surface area (Å²) in [5.41, 5.74) is -0.815. The molecule has 2 rings (SSSR count). The van der Waals surface area contributed by atoms with Gasteiger partial charge in [0, 0.05) is 18.2 Å². The maximum absolute atomic E-state index is 12.2. The van der Waals surface area contributed by atoms with E-state index in [4.69, 9.17) is 4.74 Å². The fourth-order valence-electron chi connectivity index (χ4n) is 3.32. The zero-order chi connectivity index (χ0) is 20.8. The second-order valence-corrected chi connectivity index (χ2v) is 7.03. The van der Waals surface area contributed by atoms with E-state index in [1.807, 2.05) is 0 Å². The van der Waals surface area contributed by atoms with Crippen LogP contribution in [0, 0.1) is 22.0 Å². The zero-order valence-corrected chi connectivity index (χ0v) is 16.1. The van der Waals surface area contributed by atoms with E-state index in [2.05, 4.69) is 23.9 Å². The number of nitrogens with zero attached hydrogens (tertiary/aromatic N) is 1. The first-order valence-electron chi connectivity index (χ1n) is 9.07. The summed E-state index contributed by atoms with van der Waals surface area (Å²) < 4.78 is 9.50. The molecule has 1 saturated carbocycles. The Bertz CT molecular complexity index is 778. The molecule has 0 spiro atoms. The Kier molecular flexibility index (Phi) is 7.08. The van der Waals surface area contributed by atoms with Crippen molar-refractivity contribution in [3.63, 3.8) is 0 Å². The predicted molar refractivity (Wildman–Crippen MR) is 98.8 cm³/mol. The summed E-state index contributed by atoms with van der Waals surface area (Å²) in [5, 5.41) is 13.9. The number of benzene rings is 1. The Hall–Kier alpha value is -2.97. The molecule has 1 aromatic carbocycles. The van der Waals surface area contributed by atoms with Gasteiger partial charge >= 0.3 is 11.9 Å². The molecule has 1 amide bonds. The van der Waals surface area contributed by atoms with Crippen molar-refractivity contribution >= 4 is 23.5 Å². The normalized spacial score (nSPS) is 21.5. The van der Waals surface area contributed by atoms with Crippen LogP contribution in [0.25, 0.3) is 0 Å². The van der Waals surface area contributed by atoms with Crippen LogP contribution in [0.2, 0.25) is 0 Å². The number of non-ortho nitro benzene ring substituents is 1. The number of nitro groups is 1. The average Bonchev–Trinajstić information content (AvgIpc) is 2.68. The molecular weight excluding hydrogens is 368 g/mol. The molecule has 1 fully saturated rings. The summed E-state index contributed by atoms with van der Waals surface area (Å²) in [6.45, 7) is 3.72. The van der Waals surface area contributed by atoms with Crippen molar-refractivity contribution in [1.29, 1.82) is 0 Å². The van der Waals surface area contributed by atoms with Crippen LogP contribution in [0.3, 0.4) is 0 Å². The first-order valence-corrected chi connectivity index (χ1v) is 9.07. The molecule has 1 aromatic rings. The van der Waals surface area contributed by atoms with E-state index in [1.165, 1.54) is 0 Å². The molecule has 0 aromatic heterocycles. The summed E-state index contributed by atoms with van der Waals surface area (Å²) in [6.07, 6.45) is 3.02. The van der Waals surface area contributed by atoms with Crippen molar-refractivity contribution in [2.75, 3.05) is 13.7 Å². The number of amides is 1. The van der Waals surface area contributed by atoms with Crippen LogP contribution in [-0.2, 0) is 14.3 Å². The number of carbonyl (C=O) groups excluding carboxylic acids is 3. The summed E-state index contributed by atoms with van der Waals surface area (Å²) in [7, 11) is 1.12. The number of nitrogens with one attached hydrogen (secondary N) is 1. The van der Waals surface area contributed by atoms with Gasteiger partial charge in [-0.3, -0.25) is 14.9 Å². The van der Waals surface area contributed by atoms with Crippen LogP contribution < -0.4 is 5.32 Å². The molecule has 9 nitrogen and oxygen atoms in total. The summed E-state index contributed by atoms with van der Waals surface area (Å²) in [4.78, 5) is 46.3. The van der Waals surface area contributed by atoms with Crippen molar-refractivity contribution in [2.45, 2.75) is 39.2 Å². The highest BCUT2D eigenvalue weighted by Crippen LogP contribution is 2.29. The Morgan fingerprint density at radius 2 is 1.79 bits per heavy atom. The van der Waals surface area contributed by atoms with Crippen molar-refractivity contribution in [2.24, 2.45) is 11.8 Å². The van der Waals surface area contributed by atoms with Crippen molar-refractivity contribution in [1.82, 2.24) is 5.32 Å². The number of methoxy groups -OCH3 is 1. The molecular formula is C19H24N2O7. The Morgan fingerprint density at radius 3 is 2.39 bits per heavy atom. The predicted octanol–water partition coefficient (Wildman–Crippen LogP) is 2.48. The van der Waals surface area contributed by atoms with Gasteiger partial charge in [-0.15, -0.1) is 0 Å². The van der Waals surface area contributed by atoms with Gasteiger partial charge in [0.25, 0.3) is 11.6 Å². The smallest absolute Gasteiger partial charge is 0.338 e. The highest BCUT2D eigenvalue weighted by Gasteiger charge is 2.28. The molecule has 3 atom stereocenters. The lowest BCUT2D eigenvalue weighted by Gasteiger charge is -2.34. The third-order valence-electron chi connectivity index (χ3n) is 5.17. The molecule has 152 valence electrons. The highest BCUT2D eigenvalue weighted by molar-refractivity contribution is 5.97. The average molecular weight is 392 g/mol. The van der Waals surface area contributed by atoms with Gasteiger partial charge in [0.2, 0.25) is 0 Å². The molecule has 0 heterocycles. The van der Waals surface area contributed by atoms with E-state index >= 15 is 0 Å². The van der Waals surface area contributed by atoms with E-state index in [-0.39, 0.29) is 17.2 Å². The van der Waals surface area contributed by atoms with Gasteiger partial charge in [-0.1, -0.05) is 26.7 Å². The first-order chi connectivity index (χ1) is 13.2. The van der Waals surface area contributed by atoms with E-state index in [1.54, 1.807) is 0 Å². The monoisotopic (exact) mass is 392 g/mol. The maximum atomic E-state index is 12.2. The van der Waals surface area contributed by atoms with Gasteiger partial charge in [0.15, 0.2) is 6.61 Å². The van der Waals surface area contributed by atoms with Crippen LogP contribution >= 0.6 is 0 Å². The van der Waals surface area contributed by atoms with Gasteiger partial charge in [-0.2, -0.15) is 0 Å². The van der Waals surface area contributed by atoms with Crippen LogP contribution in [0.15, 0.2) is 18.2 Å². The number of rotatable bonds is 6. The Balaban J connectivity index is 2.02. The molecule has 0 radical (unpaired) electrons. The molecule has 0 unspecified atom stereocenters. The van der Waals surface area contributed by atoms with Gasteiger partial charge in [-0.05, 0) is 24.3 Å². The van der Waals surface area contributed by atoms with Crippen molar-refractivity contribution in [3.05, 3.63) is 39.4 Å². The SMILES string of the molecule is COC(=O)c1cc(C(=O)OCC(=O)N[C@H]2CCC[C@H](C)[C@H]2C)cc([N+](=O)[O-])c1. The van der Waals surface area contributed by atoms with Gasteiger partial charge in [-0.25, -0.2) is 9.59 Å². The Labute approximate surface area is 162 Å². The molecule has 1 N–H and O–H groups in total. The second-order valence-electron chi connectivity index (χ2n) is 7.03. The van der Waals surface area contributed by atoms with Crippen LogP contribution in [-0.4, -0.2) is 42.5 Å². The number of hydrogen-bond donors (Lipinski definition) is 1. The third-order valence-corrected chi connectivity index (χ3v) is 5.17. The summed E-state index contributed by atoms with van der Waals surface area (Å²) in [5.74, 6) is -1.36. The van der Waals surface area contributed by atoms with E-state index < -0.39 is 35.1 Å². The quantitative estimate of drug-likeness (QED) is 0.448. The molecule has 1 aliphatic carbocycles. The van der Waals surface area contributed by atoms with Crippen molar-refractivity contribution < 1.29 is 28.8 Å². The zero-order valence-electron chi connectivity index (χ0n) is 16.1. The standard InChI is InChI=1S/C19H24N2O7/c1-11-5-4-6-16(12(11)2)20-17(22)10-28-19(24)14-7-13(18(23)27-3)8-15(9-14)21(25)26/h7-9,11-12,16H,4-6,10H2,1-3H3,(H,20,22)/t11-,12+,16-/m0/s1. The number of nitro benzene ring substituents is 1. The highest BCUT2D eigenvalue weighted by atomic mass is 16.6. The summed E-state index contributed by atoms with van der Waals surface area (Å²) in [6, 6.07) is 3.14. The van der Waals surface area contributed by atoms with Crippen LogP contribution in [0.5, 0.6) is 0 Å². The Morgan fingerprint density at radius 1 is 1.14 bits per heavy atom. The molecule has 1 aliphatic rings. The van der Waals surface area contributed by atoms with E-state index in [0.717, 1.165) is 44.6 Å². The topological polar surface area (TPSA) is 125 Å². The minimum absolute atomic E-state index is 0.0266. The van der Waals surface area contributed by atoms with Crippen LogP contribution in [0.4, 0.5) is 5.69 Å². The first kappa shape index (κ1) is 21.3. The fourth-order valence-corrected chi connectivity index (χ4v) is 3.32. The molecule has 0 aliphatic heterocycles. The lowest BCUT2D eigenvalue weighted by molar-refractivity contribution is -0.384. The molecule has 0 bridgehead atoms. The maximum Gasteiger partial charge on any atom is 0.338 e. The van der Waals surface area contributed by atoms with Gasteiger partial charge < -0.3 is 14.8 Å². The molecule has 28 heavy (non-hydrogen) atoms. The molecule has 9 heteroatoms. The lowest BCUT2D eigenvalue weighted by Crippen LogP contribution is -2.45. The lowest BCUT2D eigenvalue weighted by atomic mass is 9.78. The van der Waals surface area contributed by atoms with Gasteiger partial charge in [0.1, 0.15) is 0 Å². The number of hydrogen-bond acceptors (Lipinski definition) is 7. The van der Waals surface area contributed by atoms with E-state index in [9.17, 15) is 24.5 Å². The number of esters is 2. The number of ether oxygens (including phenoxy) is 2. The summed E-state index contributed by atoms with van der Waals surface area (Å²) >= 11 is 0. The minimum atomic E-state index is -0.936. The number of carbonyl (C=O) groups is 3. The third kappa shape index (κ3) is 5.28.